The highest BCUT2D eigenvalue weighted by atomic mass is 19.1. The quantitative estimate of drug-likeness (QED) is 0.177. The highest BCUT2D eigenvalue weighted by Crippen LogP contribution is 2.45. The molecule has 3 aromatic rings. The van der Waals surface area contributed by atoms with Crippen molar-refractivity contribution in [2.24, 2.45) is 5.92 Å². The molecule has 0 bridgehead atoms. The first kappa shape index (κ1) is 29.4. The number of aromatic nitrogens is 1. The van der Waals surface area contributed by atoms with Crippen LogP contribution in [0.25, 0.3) is 11.1 Å². The molecule has 7 heteroatoms. The van der Waals surface area contributed by atoms with Crippen molar-refractivity contribution in [2.45, 2.75) is 78.4 Å². The maximum atomic E-state index is 15.6. The van der Waals surface area contributed by atoms with Crippen molar-refractivity contribution in [2.75, 3.05) is 7.11 Å². The van der Waals surface area contributed by atoms with Gasteiger partial charge < -0.3 is 14.3 Å². The Morgan fingerprint density at radius 2 is 1.77 bits per heavy atom. The van der Waals surface area contributed by atoms with Crippen LogP contribution < -0.4 is 9.47 Å². The Labute approximate surface area is 236 Å². The van der Waals surface area contributed by atoms with E-state index in [9.17, 15) is 9.59 Å². The Morgan fingerprint density at radius 3 is 2.40 bits per heavy atom. The fraction of sp³-hybridized carbons (Fsp3) is 0.424. The van der Waals surface area contributed by atoms with Crippen LogP contribution in [0.3, 0.4) is 0 Å². The Bertz CT molecular complexity index is 1360. The number of hydrogen-bond acceptors (Lipinski definition) is 6. The second-order valence-electron chi connectivity index (χ2n) is 11.2. The van der Waals surface area contributed by atoms with Crippen molar-refractivity contribution in [3.05, 3.63) is 77.2 Å². The fourth-order valence-electron chi connectivity index (χ4n) is 5.36. The zero-order valence-corrected chi connectivity index (χ0v) is 24.2. The summed E-state index contributed by atoms with van der Waals surface area (Å²) in [6, 6.07) is 14.3. The highest BCUT2D eigenvalue weighted by molar-refractivity contribution is 5.92. The lowest BCUT2D eigenvalue weighted by Crippen LogP contribution is -2.36. The van der Waals surface area contributed by atoms with Gasteiger partial charge in [-0.2, -0.15) is 0 Å². The lowest BCUT2D eigenvalue weighted by molar-refractivity contribution is -0.117. The molecular weight excluding hydrogens is 507 g/mol. The van der Waals surface area contributed by atoms with Crippen LogP contribution >= 0.6 is 0 Å². The molecular formula is C33H39FN2O4. The van der Waals surface area contributed by atoms with Crippen molar-refractivity contribution < 1.29 is 23.5 Å². The van der Waals surface area contributed by atoms with Crippen LogP contribution in [0.15, 0.2) is 54.7 Å². The number of rotatable bonds is 12. The van der Waals surface area contributed by atoms with Crippen LogP contribution in [0.5, 0.6) is 11.6 Å². The number of carbonyl (C=O) groups is 2. The van der Waals surface area contributed by atoms with E-state index in [-0.39, 0.29) is 29.3 Å². The molecule has 0 amide bonds. The summed E-state index contributed by atoms with van der Waals surface area (Å²) in [7, 11) is 1.54. The monoisotopic (exact) mass is 546 g/mol. The molecule has 0 saturated heterocycles. The van der Waals surface area contributed by atoms with E-state index in [1.54, 1.807) is 43.5 Å². The van der Waals surface area contributed by atoms with Gasteiger partial charge in [0.05, 0.1) is 12.7 Å². The number of carbonyl (C=O) groups excluding carboxylic acids is 2. The molecule has 1 heterocycles. The van der Waals surface area contributed by atoms with Crippen molar-refractivity contribution in [1.29, 1.82) is 0 Å². The Morgan fingerprint density at radius 1 is 1.05 bits per heavy atom. The van der Waals surface area contributed by atoms with E-state index in [1.807, 2.05) is 12.1 Å². The summed E-state index contributed by atoms with van der Waals surface area (Å²) in [4.78, 5) is 31.7. The minimum Gasteiger partial charge on any atom is -0.481 e. The van der Waals surface area contributed by atoms with Crippen LogP contribution in [0, 0.1) is 11.7 Å². The number of pyridine rings is 1. The minimum absolute atomic E-state index is 0.106. The van der Waals surface area contributed by atoms with Crippen LogP contribution in [0.2, 0.25) is 0 Å². The molecule has 1 saturated carbocycles. The largest absolute Gasteiger partial charge is 0.481 e. The van der Waals surface area contributed by atoms with Gasteiger partial charge in [-0.1, -0.05) is 12.1 Å². The number of esters is 1. The van der Waals surface area contributed by atoms with Crippen molar-refractivity contribution in [1.82, 2.24) is 9.88 Å². The van der Waals surface area contributed by atoms with Crippen LogP contribution in [-0.2, 0) is 11.3 Å². The smallest absolute Gasteiger partial charge is 0.346 e. The van der Waals surface area contributed by atoms with Gasteiger partial charge in [-0.25, -0.2) is 14.2 Å². The summed E-state index contributed by atoms with van der Waals surface area (Å²) in [5, 5.41) is 0. The Kier molecular flexibility index (Phi) is 9.36. The highest BCUT2D eigenvalue weighted by Gasteiger charge is 2.33. The first-order valence-electron chi connectivity index (χ1n) is 14.0. The zero-order valence-electron chi connectivity index (χ0n) is 24.2. The van der Waals surface area contributed by atoms with Gasteiger partial charge in [0.15, 0.2) is 0 Å². The molecule has 1 aliphatic rings. The maximum absolute atomic E-state index is 15.6. The topological polar surface area (TPSA) is 68.7 Å². The molecule has 212 valence electrons. The lowest BCUT2D eigenvalue weighted by Gasteiger charge is -2.31. The second-order valence-corrected chi connectivity index (χ2v) is 11.2. The fourth-order valence-corrected chi connectivity index (χ4v) is 5.36. The molecule has 1 atom stereocenters. The molecule has 0 aliphatic heterocycles. The Balaban J connectivity index is 1.68. The molecule has 2 aromatic carbocycles. The van der Waals surface area contributed by atoms with Gasteiger partial charge in [-0.15, -0.1) is 0 Å². The van der Waals surface area contributed by atoms with E-state index >= 15 is 4.39 Å². The van der Waals surface area contributed by atoms with Gasteiger partial charge in [-0.05, 0) is 112 Å². The lowest BCUT2D eigenvalue weighted by atomic mass is 9.89. The van der Waals surface area contributed by atoms with E-state index in [2.05, 4.69) is 37.6 Å². The number of ketones is 1. The zero-order chi connectivity index (χ0) is 29.0. The van der Waals surface area contributed by atoms with Gasteiger partial charge in [-0.3, -0.25) is 4.90 Å². The average molecular weight is 547 g/mol. The van der Waals surface area contributed by atoms with E-state index < -0.39 is 11.8 Å². The summed E-state index contributed by atoms with van der Waals surface area (Å²) >= 11 is 0. The van der Waals surface area contributed by atoms with Gasteiger partial charge in [0, 0.05) is 37.3 Å². The predicted octanol–water partition coefficient (Wildman–Crippen LogP) is 7.21. The first-order chi connectivity index (χ1) is 19.1. The number of Topliss-reactive ketones (excluding diaryl/α,β-unsaturated/α-hetero) is 1. The maximum Gasteiger partial charge on any atom is 0.346 e. The summed E-state index contributed by atoms with van der Waals surface area (Å²) < 4.78 is 26.6. The van der Waals surface area contributed by atoms with Crippen molar-refractivity contribution >= 4 is 11.8 Å². The molecule has 0 spiro atoms. The molecule has 4 rings (SSSR count). The number of ether oxygens (including phenoxy) is 2. The van der Waals surface area contributed by atoms with Gasteiger partial charge in [0.1, 0.15) is 17.3 Å². The van der Waals surface area contributed by atoms with Crippen LogP contribution in [-0.4, -0.2) is 40.8 Å². The number of hydrogen-bond donors (Lipinski definition) is 0. The second kappa shape index (κ2) is 12.7. The van der Waals surface area contributed by atoms with Crippen LogP contribution in [0.1, 0.15) is 81.3 Å². The van der Waals surface area contributed by atoms with Crippen LogP contribution in [0.4, 0.5) is 4.39 Å². The van der Waals surface area contributed by atoms with E-state index in [0.29, 0.717) is 36.1 Å². The van der Waals surface area contributed by atoms with Gasteiger partial charge in [0.25, 0.3) is 0 Å². The molecule has 0 unspecified atom stereocenters. The third kappa shape index (κ3) is 7.13. The molecule has 0 N–H and O–H groups in total. The standard InChI is InChI=1S/C33H39FN2O4/c1-20(2)36(21(3)4)19-26-16-30(31(34)18-29(26)25-12-13-35-32(17-25)39-6)33(38)40-27-9-7-8-24(15-27)28(14-22(5)37)23-10-11-23/h7-9,12-13,15-18,20-21,23,28H,10-11,14,19H2,1-6H3/t28-/m0/s1. The summed E-state index contributed by atoms with van der Waals surface area (Å²) in [6.45, 7) is 10.6. The van der Waals surface area contributed by atoms with Gasteiger partial charge in [0.2, 0.25) is 5.88 Å². The number of halogens is 1. The van der Waals surface area contributed by atoms with Crippen molar-refractivity contribution in [3.8, 4) is 22.8 Å². The predicted molar refractivity (Wildman–Crippen MR) is 154 cm³/mol. The average Bonchev–Trinajstić information content (AvgIpc) is 3.76. The molecule has 6 nitrogen and oxygen atoms in total. The SMILES string of the molecule is COc1cc(-c2cc(F)c(C(=O)Oc3cccc([C@@H](CC(C)=O)C4CC4)c3)cc2CN(C(C)C)C(C)C)ccn1. The molecule has 1 fully saturated rings. The summed E-state index contributed by atoms with van der Waals surface area (Å²) in [5.74, 6) is 0.0530. The van der Waals surface area contributed by atoms with E-state index in [1.165, 1.54) is 13.2 Å². The number of benzene rings is 2. The normalized spacial score (nSPS) is 14.1. The molecule has 1 aliphatic carbocycles. The first-order valence-corrected chi connectivity index (χ1v) is 14.0. The number of nitrogens with zero attached hydrogens (tertiary/aromatic N) is 2. The number of methoxy groups -OCH3 is 1. The minimum atomic E-state index is -0.759. The molecule has 40 heavy (non-hydrogen) atoms. The van der Waals surface area contributed by atoms with E-state index in [0.717, 1.165) is 29.5 Å². The third-order valence-electron chi connectivity index (χ3n) is 7.54. The van der Waals surface area contributed by atoms with Gasteiger partial charge >= 0.3 is 5.97 Å². The molecule has 1 aromatic heterocycles. The third-order valence-corrected chi connectivity index (χ3v) is 7.54. The molecule has 0 radical (unpaired) electrons. The summed E-state index contributed by atoms with van der Waals surface area (Å²) in [5.41, 5.74) is 3.06. The van der Waals surface area contributed by atoms with Crippen molar-refractivity contribution in [3.63, 3.8) is 0 Å². The Hall–Kier alpha value is -3.58. The van der Waals surface area contributed by atoms with E-state index in [4.69, 9.17) is 9.47 Å². The summed E-state index contributed by atoms with van der Waals surface area (Å²) in [6.07, 6.45) is 4.27.